The van der Waals surface area contributed by atoms with Crippen LogP contribution in [0.25, 0.3) is 11.1 Å². The van der Waals surface area contributed by atoms with Crippen molar-refractivity contribution in [2.24, 2.45) is 5.92 Å². The number of rotatable bonds is 12. The number of nitrogens with zero attached hydrogens (tertiary/aromatic N) is 2. The van der Waals surface area contributed by atoms with E-state index >= 15 is 0 Å². The van der Waals surface area contributed by atoms with Gasteiger partial charge in [-0.3, -0.25) is 9.59 Å². The summed E-state index contributed by atoms with van der Waals surface area (Å²) in [5.74, 6) is -1.37. The fraction of sp³-hybridized carbons (Fsp3) is 0.500. The summed E-state index contributed by atoms with van der Waals surface area (Å²) in [5.41, 5.74) is 2.04. The van der Waals surface area contributed by atoms with Gasteiger partial charge >= 0.3 is 0 Å². The van der Waals surface area contributed by atoms with E-state index in [-0.39, 0.29) is 24.0 Å². The number of morpholine rings is 1. The molecule has 3 aromatic rings. The summed E-state index contributed by atoms with van der Waals surface area (Å²) >= 11 is 0. The largest absolute Gasteiger partial charge is 0.438 e. The number of hydrogen-bond acceptors (Lipinski definition) is 8. The van der Waals surface area contributed by atoms with Gasteiger partial charge in [0.15, 0.2) is 26.3 Å². The number of carbonyl (C=O) groups excluding carboxylic acids is 2. The van der Waals surface area contributed by atoms with E-state index in [2.05, 4.69) is 10.3 Å². The minimum absolute atomic E-state index is 0.00942. The van der Waals surface area contributed by atoms with Crippen LogP contribution in [0.15, 0.2) is 59.0 Å². The topological polar surface area (TPSA) is 139 Å². The lowest BCUT2D eigenvalue weighted by molar-refractivity contribution is -0.138. The van der Waals surface area contributed by atoms with Crippen molar-refractivity contribution in [3.63, 3.8) is 0 Å². The van der Waals surface area contributed by atoms with Crippen LogP contribution in [0.1, 0.15) is 50.2 Å². The standard InChI is InChI=1S/C30H37N3O7S/c1-30(41(37,38)20-22-11-12-22,19-26(34)33-15-17-39-18-16-33)29(36)32-24(14-13-21-7-3-2-4-8-21)27(35)28-31-23-9-5-6-10-25(23)40-28/h2-10,22,24,27,35H,11-20H2,1H3,(H,32,36)/t24-,27?,30?/m0/s1. The second kappa shape index (κ2) is 12.3. The highest BCUT2D eigenvalue weighted by atomic mass is 32.2. The summed E-state index contributed by atoms with van der Waals surface area (Å²) in [5, 5.41) is 14.2. The number of aliphatic hydroxyl groups excluding tert-OH is 1. The van der Waals surface area contributed by atoms with Gasteiger partial charge in [0.25, 0.3) is 0 Å². The molecule has 2 N–H and O–H groups in total. The highest BCUT2D eigenvalue weighted by Gasteiger charge is 2.51. The molecule has 2 amide bonds. The average molecular weight is 584 g/mol. The maximum Gasteiger partial charge on any atom is 0.242 e. The number of nitrogens with one attached hydrogen (secondary N) is 1. The fourth-order valence-corrected chi connectivity index (χ4v) is 7.12. The molecule has 5 rings (SSSR count). The SMILES string of the molecule is CC(CC(=O)N1CCOCC1)(C(=O)N[C@@H](CCc1ccccc1)C(O)c1nc2ccccc2o1)S(=O)(=O)CC1CC1. The van der Waals surface area contributed by atoms with Gasteiger partial charge in [0.05, 0.1) is 31.4 Å². The molecule has 2 unspecified atom stereocenters. The summed E-state index contributed by atoms with van der Waals surface area (Å²) in [4.78, 5) is 33.2. The molecule has 0 radical (unpaired) electrons. The lowest BCUT2D eigenvalue weighted by Crippen LogP contribution is -2.57. The molecule has 2 fully saturated rings. The molecule has 2 aliphatic rings. The van der Waals surface area contributed by atoms with Crippen molar-refractivity contribution in [1.82, 2.24) is 15.2 Å². The van der Waals surface area contributed by atoms with Crippen molar-refractivity contribution >= 4 is 32.8 Å². The zero-order chi connectivity index (χ0) is 29.0. The number of benzene rings is 2. The Morgan fingerprint density at radius 2 is 1.78 bits per heavy atom. The molecule has 3 atom stereocenters. The first-order valence-electron chi connectivity index (χ1n) is 14.1. The predicted molar refractivity (Wildman–Crippen MR) is 153 cm³/mol. The highest BCUT2D eigenvalue weighted by molar-refractivity contribution is 7.93. The minimum Gasteiger partial charge on any atom is -0.438 e. The number of para-hydroxylation sites is 2. The molecule has 0 bridgehead atoms. The molecule has 1 aliphatic heterocycles. The smallest absolute Gasteiger partial charge is 0.242 e. The van der Waals surface area contributed by atoms with E-state index in [4.69, 9.17) is 9.15 Å². The van der Waals surface area contributed by atoms with Gasteiger partial charge < -0.3 is 24.5 Å². The summed E-state index contributed by atoms with van der Waals surface area (Å²) in [7, 11) is -4.03. The van der Waals surface area contributed by atoms with Gasteiger partial charge in [-0.2, -0.15) is 0 Å². The van der Waals surface area contributed by atoms with Crippen LogP contribution >= 0.6 is 0 Å². The van der Waals surface area contributed by atoms with E-state index in [1.54, 1.807) is 29.2 Å². The lowest BCUT2D eigenvalue weighted by atomic mass is 9.98. The lowest BCUT2D eigenvalue weighted by Gasteiger charge is -2.34. The molecular weight excluding hydrogens is 546 g/mol. The molecule has 1 aromatic heterocycles. The number of oxazole rings is 1. The Labute approximate surface area is 240 Å². The zero-order valence-corrected chi connectivity index (χ0v) is 24.0. The van der Waals surface area contributed by atoms with Crippen molar-refractivity contribution in [1.29, 1.82) is 0 Å². The van der Waals surface area contributed by atoms with Crippen LogP contribution in [0.5, 0.6) is 0 Å². The molecule has 2 aromatic carbocycles. The van der Waals surface area contributed by atoms with Gasteiger partial charge in [0.2, 0.25) is 17.7 Å². The fourth-order valence-electron chi connectivity index (χ4n) is 5.11. The Balaban J connectivity index is 1.42. The van der Waals surface area contributed by atoms with Crippen LogP contribution in [0, 0.1) is 5.92 Å². The number of hydrogen-bond donors (Lipinski definition) is 2. The van der Waals surface area contributed by atoms with Crippen LogP contribution in [0.3, 0.4) is 0 Å². The quantitative estimate of drug-likeness (QED) is 0.332. The van der Waals surface area contributed by atoms with Gasteiger partial charge in [-0.15, -0.1) is 0 Å². The van der Waals surface area contributed by atoms with Gasteiger partial charge in [0, 0.05) is 13.1 Å². The van der Waals surface area contributed by atoms with Crippen LogP contribution in [0.4, 0.5) is 0 Å². The van der Waals surface area contributed by atoms with Gasteiger partial charge in [-0.25, -0.2) is 13.4 Å². The summed E-state index contributed by atoms with van der Waals surface area (Å²) < 4.78 is 36.6. The van der Waals surface area contributed by atoms with Crippen LogP contribution in [-0.2, 0) is 30.6 Å². The normalized spacial score (nSPS) is 18.9. The number of aromatic nitrogens is 1. The van der Waals surface area contributed by atoms with Gasteiger partial charge in [-0.05, 0) is 56.2 Å². The monoisotopic (exact) mass is 583 g/mol. The van der Waals surface area contributed by atoms with Crippen LogP contribution < -0.4 is 5.32 Å². The first kappa shape index (κ1) is 29.2. The van der Waals surface area contributed by atoms with Crippen molar-refractivity contribution in [2.75, 3.05) is 32.1 Å². The maximum absolute atomic E-state index is 14.0. The Morgan fingerprint density at radius 1 is 1.10 bits per heavy atom. The first-order chi connectivity index (χ1) is 19.7. The number of carbonyl (C=O) groups is 2. The number of ether oxygens (including phenoxy) is 1. The van der Waals surface area contributed by atoms with Gasteiger partial charge in [-0.1, -0.05) is 42.5 Å². The Bertz CT molecular complexity index is 1430. The summed E-state index contributed by atoms with van der Waals surface area (Å²) in [6.45, 7) is 2.74. The van der Waals surface area contributed by atoms with E-state index in [1.807, 2.05) is 30.3 Å². The third-order valence-corrected chi connectivity index (χ3v) is 10.6. The van der Waals surface area contributed by atoms with E-state index in [0.717, 1.165) is 18.4 Å². The Hall–Kier alpha value is -3.28. The molecule has 1 saturated heterocycles. The van der Waals surface area contributed by atoms with Crippen molar-refractivity contribution in [3.8, 4) is 0 Å². The molecule has 0 spiro atoms. The molecule has 11 heteroatoms. The molecule has 220 valence electrons. The van der Waals surface area contributed by atoms with Gasteiger partial charge in [0.1, 0.15) is 5.52 Å². The first-order valence-corrected chi connectivity index (χ1v) is 15.8. The van der Waals surface area contributed by atoms with Crippen molar-refractivity contribution < 1.29 is 32.3 Å². The average Bonchev–Trinajstić information content (AvgIpc) is 3.68. The van der Waals surface area contributed by atoms with E-state index in [9.17, 15) is 23.1 Å². The second-order valence-corrected chi connectivity index (χ2v) is 13.7. The highest BCUT2D eigenvalue weighted by Crippen LogP contribution is 2.36. The predicted octanol–water partition coefficient (Wildman–Crippen LogP) is 2.81. The third kappa shape index (κ3) is 6.79. The number of sulfone groups is 1. The molecule has 41 heavy (non-hydrogen) atoms. The second-order valence-electron chi connectivity index (χ2n) is 11.2. The molecule has 2 heterocycles. The maximum atomic E-state index is 14.0. The minimum atomic E-state index is -4.03. The number of amides is 2. The van der Waals surface area contributed by atoms with E-state index in [1.165, 1.54) is 6.92 Å². The van der Waals surface area contributed by atoms with E-state index in [0.29, 0.717) is 43.8 Å². The Morgan fingerprint density at radius 3 is 2.46 bits per heavy atom. The molecule has 10 nitrogen and oxygen atoms in total. The van der Waals surface area contributed by atoms with Crippen molar-refractivity contribution in [2.45, 2.75) is 55.9 Å². The summed E-state index contributed by atoms with van der Waals surface area (Å²) in [6, 6.07) is 15.7. The number of aliphatic hydroxyl groups is 1. The number of fused-ring (bicyclic) bond motifs is 1. The summed E-state index contributed by atoms with van der Waals surface area (Å²) in [6.07, 6.45) is 0.515. The van der Waals surface area contributed by atoms with Crippen molar-refractivity contribution in [3.05, 3.63) is 66.1 Å². The number of aryl methyl sites for hydroxylation is 1. The van der Waals surface area contributed by atoms with Crippen LogP contribution in [0.2, 0.25) is 0 Å². The zero-order valence-electron chi connectivity index (χ0n) is 23.2. The molecule has 1 aliphatic carbocycles. The third-order valence-electron chi connectivity index (χ3n) is 8.02. The molecular formula is C30H37N3O7S. The van der Waals surface area contributed by atoms with Crippen LogP contribution in [-0.4, -0.2) is 78.1 Å². The van der Waals surface area contributed by atoms with E-state index < -0.39 is 45.0 Å². The Kier molecular flexibility index (Phi) is 8.77. The molecule has 1 saturated carbocycles.